The molecule has 1 aliphatic carbocycles. The van der Waals surface area contributed by atoms with E-state index in [0.29, 0.717) is 5.92 Å². The second kappa shape index (κ2) is 3.69. The zero-order chi connectivity index (χ0) is 11.0. The van der Waals surface area contributed by atoms with Crippen molar-refractivity contribution in [2.24, 2.45) is 11.8 Å². The number of carbonyl (C=O) groups excluding carboxylic acids is 1. The summed E-state index contributed by atoms with van der Waals surface area (Å²) >= 11 is 0. The predicted octanol–water partition coefficient (Wildman–Crippen LogP) is 2.90. The minimum Gasteiger partial charge on any atom is -0.326 e. The zero-order valence-corrected chi connectivity index (χ0v) is 9.50. The Labute approximate surface area is 90.7 Å². The third kappa shape index (κ3) is 2.04. The number of anilines is 1. The van der Waals surface area contributed by atoms with Gasteiger partial charge in [-0.3, -0.25) is 4.79 Å². The molecular weight excluding hydrogens is 186 g/mol. The van der Waals surface area contributed by atoms with E-state index < -0.39 is 0 Å². The number of amides is 1. The summed E-state index contributed by atoms with van der Waals surface area (Å²) in [6.07, 6.45) is 1.04. The van der Waals surface area contributed by atoms with Gasteiger partial charge in [0, 0.05) is 11.6 Å². The van der Waals surface area contributed by atoms with Crippen LogP contribution in [0.1, 0.15) is 24.5 Å². The number of hydrogen-bond donors (Lipinski definition) is 1. The third-order valence-corrected chi connectivity index (χ3v) is 3.31. The average molecular weight is 203 g/mol. The van der Waals surface area contributed by atoms with Crippen molar-refractivity contribution in [3.63, 3.8) is 0 Å². The molecule has 1 aromatic rings. The van der Waals surface area contributed by atoms with E-state index in [1.165, 1.54) is 11.1 Å². The molecule has 2 atom stereocenters. The van der Waals surface area contributed by atoms with Crippen LogP contribution in [0.4, 0.5) is 5.69 Å². The van der Waals surface area contributed by atoms with Gasteiger partial charge in [0.1, 0.15) is 0 Å². The van der Waals surface area contributed by atoms with Crippen LogP contribution >= 0.6 is 0 Å². The van der Waals surface area contributed by atoms with E-state index in [2.05, 4.69) is 25.2 Å². The van der Waals surface area contributed by atoms with Crippen molar-refractivity contribution in [2.45, 2.75) is 27.2 Å². The van der Waals surface area contributed by atoms with Gasteiger partial charge in [-0.05, 0) is 43.4 Å². The molecule has 1 saturated carbocycles. The van der Waals surface area contributed by atoms with E-state index in [0.717, 1.165) is 12.1 Å². The summed E-state index contributed by atoms with van der Waals surface area (Å²) in [6, 6.07) is 6.01. The molecule has 0 heterocycles. The maximum absolute atomic E-state index is 11.7. The first-order valence-corrected chi connectivity index (χ1v) is 5.46. The van der Waals surface area contributed by atoms with Crippen molar-refractivity contribution in [2.75, 3.05) is 5.32 Å². The Balaban J connectivity index is 2.10. The average Bonchev–Trinajstić information content (AvgIpc) is 2.91. The summed E-state index contributed by atoms with van der Waals surface area (Å²) in [4.78, 5) is 11.7. The van der Waals surface area contributed by atoms with E-state index in [1.807, 2.05) is 19.1 Å². The predicted molar refractivity (Wildman–Crippen MR) is 61.8 cm³/mol. The molecule has 1 aromatic carbocycles. The lowest BCUT2D eigenvalue weighted by molar-refractivity contribution is -0.117. The summed E-state index contributed by atoms with van der Waals surface area (Å²) in [5.41, 5.74) is 3.34. The molecule has 1 N–H and O–H groups in total. The number of nitrogens with one attached hydrogen (secondary N) is 1. The number of rotatable bonds is 2. The maximum atomic E-state index is 11.7. The van der Waals surface area contributed by atoms with Gasteiger partial charge >= 0.3 is 0 Å². The van der Waals surface area contributed by atoms with Gasteiger partial charge < -0.3 is 5.32 Å². The van der Waals surface area contributed by atoms with Gasteiger partial charge in [-0.1, -0.05) is 19.1 Å². The summed E-state index contributed by atoms with van der Waals surface area (Å²) in [6.45, 7) is 6.22. The molecule has 0 radical (unpaired) electrons. The van der Waals surface area contributed by atoms with Crippen molar-refractivity contribution >= 4 is 11.6 Å². The standard InChI is InChI=1S/C13H17NO/c1-8-5-4-6-12(10(8)3)14-13(15)11-7-9(11)2/h4-6,9,11H,7H2,1-3H3,(H,14,15)/t9-,11-/m1/s1. The van der Waals surface area contributed by atoms with E-state index in [1.54, 1.807) is 0 Å². The van der Waals surface area contributed by atoms with Crippen LogP contribution < -0.4 is 5.32 Å². The largest absolute Gasteiger partial charge is 0.326 e. The van der Waals surface area contributed by atoms with Gasteiger partial charge in [0.2, 0.25) is 5.91 Å². The van der Waals surface area contributed by atoms with Crippen LogP contribution in [0.25, 0.3) is 0 Å². The molecule has 1 amide bonds. The van der Waals surface area contributed by atoms with E-state index >= 15 is 0 Å². The van der Waals surface area contributed by atoms with Gasteiger partial charge in [0.15, 0.2) is 0 Å². The van der Waals surface area contributed by atoms with Gasteiger partial charge in [0.25, 0.3) is 0 Å². The second-order valence-corrected chi connectivity index (χ2v) is 4.56. The highest BCUT2D eigenvalue weighted by molar-refractivity contribution is 5.95. The van der Waals surface area contributed by atoms with Crippen LogP contribution in [0.3, 0.4) is 0 Å². The fraction of sp³-hybridized carbons (Fsp3) is 0.462. The van der Waals surface area contributed by atoms with Crippen molar-refractivity contribution in [3.8, 4) is 0 Å². The van der Waals surface area contributed by atoms with Crippen LogP contribution in [0.15, 0.2) is 18.2 Å². The molecular formula is C13H17NO. The van der Waals surface area contributed by atoms with Crippen molar-refractivity contribution in [1.29, 1.82) is 0 Å². The van der Waals surface area contributed by atoms with Gasteiger partial charge in [0.05, 0.1) is 0 Å². The highest BCUT2D eigenvalue weighted by Crippen LogP contribution is 2.38. The normalized spacial score (nSPS) is 23.7. The van der Waals surface area contributed by atoms with Gasteiger partial charge in [-0.15, -0.1) is 0 Å². The molecule has 1 aliphatic rings. The van der Waals surface area contributed by atoms with Crippen LogP contribution in [-0.2, 0) is 4.79 Å². The summed E-state index contributed by atoms with van der Waals surface area (Å²) < 4.78 is 0. The van der Waals surface area contributed by atoms with Gasteiger partial charge in [-0.2, -0.15) is 0 Å². The number of aryl methyl sites for hydroxylation is 1. The molecule has 15 heavy (non-hydrogen) atoms. The molecule has 80 valence electrons. The van der Waals surface area contributed by atoms with E-state index in [9.17, 15) is 4.79 Å². The Bertz CT molecular complexity index is 398. The lowest BCUT2D eigenvalue weighted by Gasteiger charge is -2.09. The summed E-state index contributed by atoms with van der Waals surface area (Å²) in [7, 11) is 0. The minimum absolute atomic E-state index is 0.177. The number of carbonyl (C=O) groups is 1. The molecule has 2 rings (SSSR count). The molecule has 0 bridgehead atoms. The van der Waals surface area contributed by atoms with E-state index in [-0.39, 0.29) is 11.8 Å². The van der Waals surface area contributed by atoms with Crippen LogP contribution in [-0.4, -0.2) is 5.91 Å². The van der Waals surface area contributed by atoms with Crippen LogP contribution in [0.2, 0.25) is 0 Å². The smallest absolute Gasteiger partial charge is 0.227 e. The molecule has 0 unspecified atom stereocenters. The molecule has 0 aromatic heterocycles. The Morgan fingerprint density at radius 1 is 1.40 bits per heavy atom. The lowest BCUT2D eigenvalue weighted by Crippen LogP contribution is -2.15. The molecule has 1 fully saturated rings. The first-order chi connectivity index (χ1) is 7.09. The monoisotopic (exact) mass is 203 g/mol. The highest BCUT2D eigenvalue weighted by Gasteiger charge is 2.39. The minimum atomic E-state index is 0.177. The highest BCUT2D eigenvalue weighted by atomic mass is 16.2. The van der Waals surface area contributed by atoms with Crippen LogP contribution in [0, 0.1) is 25.7 Å². The fourth-order valence-electron chi connectivity index (χ4n) is 1.80. The second-order valence-electron chi connectivity index (χ2n) is 4.56. The SMILES string of the molecule is Cc1cccc(NC(=O)[C@@H]2C[C@H]2C)c1C. The molecule has 0 aliphatic heterocycles. The zero-order valence-electron chi connectivity index (χ0n) is 9.50. The first-order valence-electron chi connectivity index (χ1n) is 5.46. The number of benzene rings is 1. The quantitative estimate of drug-likeness (QED) is 0.786. The summed E-state index contributed by atoms with van der Waals surface area (Å²) in [5.74, 6) is 0.983. The van der Waals surface area contributed by atoms with Gasteiger partial charge in [-0.25, -0.2) is 0 Å². The van der Waals surface area contributed by atoms with E-state index in [4.69, 9.17) is 0 Å². The molecule has 0 spiro atoms. The first kappa shape index (κ1) is 10.2. The Hall–Kier alpha value is -1.31. The Morgan fingerprint density at radius 2 is 2.07 bits per heavy atom. The number of hydrogen-bond acceptors (Lipinski definition) is 1. The molecule has 2 heteroatoms. The van der Waals surface area contributed by atoms with Crippen molar-refractivity contribution in [1.82, 2.24) is 0 Å². The maximum Gasteiger partial charge on any atom is 0.227 e. The summed E-state index contributed by atoms with van der Waals surface area (Å²) in [5, 5.41) is 3.00. The van der Waals surface area contributed by atoms with Crippen molar-refractivity contribution < 1.29 is 4.79 Å². The fourth-order valence-corrected chi connectivity index (χ4v) is 1.80. The van der Waals surface area contributed by atoms with Crippen LogP contribution in [0.5, 0.6) is 0 Å². The Morgan fingerprint density at radius 3 is 2.67 bits per heavy atom. The Kier molecular flexibility index (Phi) is 2.51. The lowest BCUT2D eigenvalue weighted by atomic mass is 10.1. The topological polar surface area (TPSA) is 29.1 Å². The van der Waals surface area contributed by atoms with Crippen molar-refractivity contribution in [3.05, 3.63) is 29.3 Å². The molecule has 2 nitrogen and oxygen atoms in total. The molecule has 0 saturated heterocycles. The third-order valence-electron chi connectivity index (χ3n) is 3.31.